The third-order valence-electron chi connectivity index (χ3n) is 1.95. The maximum Gasteiger partial charge on any atom is 0.363 e. The topological polar surface area (TPSA) is 3.88 Å². The molecule has 2 rings (SSSR count). The first kappa shape index (κ1) is 8.10. The molecule has 13 heavy (non-hydrogen) atoms. The zero-order chi connectivity index (χ0) is 9.26. The quantitative estimate of drug-likeness (QED) is 0.459. The summed E-state index contributed by atoms with van der Waals surface area (Å²) in [5.41, 5.74) is 0. The molecule has 0 saturated carbocycles. The SMILES string of the molecule is Fc1cc[n+](C2C=CC=C2)c(F)c1. The van der Waals surface area contributed by atoms with Crippen LogP contribution in [0.15, 0.2) is 42.6 Å². The van der Waals surface area contributed by atoms with E-state index in [9.17, 15) is 8.78 Å². The third-order valence-corrected chi connectivity index (χ3v) is 1.95. The van der Waals surface area contributed by atoms with Crippen molar-refractivity contribution < 1.29 is 13.3 Å². The van der Waals surface area contributed by atoms with Crippen molar-refractivity contribution in [2.24, 2.45) is 0 Å². The molecule has 0 aliphatic heterocycles. The van der Waals surface area contributed by atoms with Crippen molar-refractivity contribution in [1.82, 2.24) is 0 Å². The normalized spacial score (nSPS) is 15.5. The summed E-state index contributed by atoms with van der Waals surface area (Å²) in [6.45, 7) is 0. The molecular formula is C10H8F2N+. The Morgan fingerprint density at radius 1 is 1.15 bits per heavy atom. The van der Waals surface area contributed by atoms with Crippen LogP contribution in [0.3, 0.4) is 0 Å². The Balaban J connectivity index is 2.40. The number of hydrogen-bond acceptors (Lipinski definition) is 0. The van der Waals surface area contributed by atoms with Crippen LogP contribution in [-0.2, 0) is 0 Å². The van der Waals surface area contributed by atoms with Gasteiger partial charge in [-0.05, 0) is 12.2 Å². The van der Waals surface area contributed by atoms with Crippen LogP contribution in [0, 0.1) is 11.8 Å². The monoisotopic (exact) mass is 180 g/mol. The van der Waals surface area contributed by atoms with Crippen molar-refractivity contribution in [2.75, 3.05) is 0 Å². The van der Waals surface area contributed by atoms with Gasteiger partial charge >= 0.3 is 5.95 Å². The van der Waals surface area contributed by atoms with Gasteiger partial charge in [0.1, 0.15) is 5.82 Å². The van der Waals surface area contributed by atoms with Crippen molar-refractivity contribution in [3.63, 3.8) is 0 Å². The van der Waals surface area contributed by atoms with Gasteiger partial charge in [-0.25, -0.2) is 4.39 Å². The van der Waals surface area contributed by atoms with Gasteiger partial charge in [-0.1, -0.05) is 12.2 Å². The van der Waals surface area contributed by atoms with E-state index in [2.05, 4.69) is 0 Å². The molecule has 0 atom stereocenters. The van der Waals surface area contributed by atoms with Crippen LogP contribution in [0.4, 0.5) is 8.78 Å². The van der Waals surface area contributed by atoms with Crippen LogP contribution in [0.2, 0.25) is 0 Å². The summed E-state index contributed by atoms with van der Waals surface area (Å²) >= 11 is 0. The molecule has 66 valence electrons. The second-order valence-corrected chi connectivity index (χ2v) is 2.84. The zero-order valence-corrected chi connectivity index (χ0v) is 6.82. The number of rotatable bonds is 1. The molecule has 0 fully saturated rings. The van der Waals surface area contributed by atoms with E-state index < -0.39 is 11.8 Å². The van der Waals surface area contributed by atoms with Crippen molar-refractivity contribution in [2.45, 2.75) is 6.04 Å². The fourth-order valence-electron chi connectivity index (χ4n) is 1.31. The van der Waals surface area contributed by atoms with Gasteiger partial charge in [0.25, 0.3) is 0 Å². The van der Waals surface area contributed by atoms with Gasteiger partial charge in [0, 0.05) is 6.07 Å². The Kier molecular flexibility index (Phi) is 1.93. The molecular weight excluding hydrogens is 172 g/mol. The van der Waals surface area contributed by atoms with E-state index in [4.69, 9.17) is 0 Å². The number of hydrogen-bond donors (Lipinski definition) is 0. The van der Waals surface area contributed by atoms with Crippen LogP contribution in [-0.4, -0.2) is 0 Å². The minimum atomic E-state index is -0.568. The minimum absolute atomic E-state index is 0.124. The first-order valence-corrected chi connectivity index (χ1v) is 3.98. The van der Waals surface area contributed by atoms with Gasteiger partial charge < -0.3 is 0 Å². The number of pyridine rings is 1. The Morgan fingerprint density at radius 2 is 1.85 bits per heavy atom. The lowest BCUT2D eigenvalue weighted by atomic mass is 10.3. The van der Waals surface area contributed by atoms with Crippen LogP contribution in [0.25, 0.3) is 0 Å². The summed E-state index contributed by atoms with van der Waals surface area (Å²) in [5.74, 6) is -1.12. The average Bonchev–Trinajstić information content (AvgIpc) is 2.56. The number of aromatic nitrogens is 1. The molecule has 1 aromatic rings. The summed E-state index contributed by atoms with van der Waals surface area (Å²) in [6, 6.07) is 1.99. The molecule has 0 bridgehead atoms. The highest BCUT2D eigenvalue weighted by Gasteiger charge is 2.19. The number of halogens is 2. The fourth-order valence-corrected chi connectivity index (χ4v) is 1.31. The Hall–Kier alpha value is -1.51. The predicted octanol–water partition coefficient (Wildman–Crippen LogP) is 1.92. The lowest BCUT2D eigenvalue weighted by Crippen LogP contribution is -2.40. The molecule has 1 heterocycles. The van der Waals surface area contributed by atoms with E-state index in [-0.39, 0.29) is 6.04 Å². The standard InChI is InChI=1S/C10H8F2N/c11-8-5-6-13(10(12)7-8)9-3-1-2-4-9/h1-7,9H/q+1. The smallest absolute Gasteiger partial charge is 0.206 e. The summed E-state index contributed by atoms with van der Waals surface area (Å²) in [5, 5.41) is 0. The summed E-state index contributed by atoms with van der Waals surface area (Å²) in [6.07, 6.45) is 8.73. The van der Waals surface area contributed by atoms with E-state index >= 15 is 0 Å². The van der Waals surface area contributed by atoms with Gasteiger partial charge in [0.15, 0.2) is 12.2 Å². The Morgan fingerprint density at radius 3 is 2.46 bits per heavy atom. The summed E-state index contributed by atoms with van der Waals surface area (Å²) in [7, 11) is 0. The van der Waals surface area contributed by atoms with Gasteiger partial charge in [-0.15, -0.1) is 4.39 Å². The number of allylic oxidation sites excluding steroid dienone is 4. The maximum atomic E-state index is 13.2. The molecule has 1 aliphatic rings. The molecule has 3 heteroatoms. The number of nitrogens with zero attached hydrogens (tertiary/aromatic N) is 1. The van der Waals surface area contributed by atoms with E-state index in [1.54, 1.807) is 0 Å². The maximum absolute atomic E-state index is 13.2. The first-order chi connectivity index (χ1) is 6.27. The molecule has 0 amide bonds. The highest BCUT2D eigenvalue weighted by Crippen LogP contribution is 2.09. The summed E-state index contributed by atoms with van der Waals surface area (Å²) < 4.78 is 27.1. The van der Waals surface area contributed by atoms with Crippen LogP contribution < -0.4 is 4.57 Å². The van der Waals surface area contributed by atoms with E-state index in [1.807, 2.05) is 24.3 Å². The minimum Gasteiger partial charge on any atom is -0.206 e. The molecule has 0 saturated heterocycles. The van der Waals surface area contributed by atoms with Crippen LogP contribution in [0.5, 0.6) is 0 Å². The second-order valence-electron chi connectivity index (χ2n) is 2.84. The van der Waals surface area contributed by atoms with Gasteiger partial charge in [0.05, 0.1) is 6.07 Å². The first-order valence-electron chi connectivity index (χ1n) is 3.98. The van der Waals surface area contributed by atoms with Crippen molar-refractivity contribution in [1.29, 1.82) is 0 Å². The molecule has 1 nitrogen and oxygen atoms in total. The predicted molar refractivity (Wildman–Crippen MR) is 43.9 cm³/mol. The molecule has 0 aromatic carbocycles. The molecule has 0 N–H and O–H groups in total. The van der Waals surface area contributed by atoms with Crippen molar-refractivity contribution in [3.8, 4) is 0 Å². The van der Waals surface area contributed by atoms with E-state index in [0.717, 1.165) is 6.07 Å². The largest absolute Gasteiger partial charge is 0.363 e. The molecule has 1 aromatic heterocycles. The third kappa shape index (κ3) is 1.49. The zero-order valence-electron chi connectivity index (χ0n) is 6.82. The Labute approximate surface area is 74.6 Å². The molecule has 1 aliphatic carbocycles. The second kappa shape index (κ2) is 3.09. The Bertz CT molecular complexity index is 371. The van der Waals surface area contributed by atoms with Crippen molar-refractivity contribution >= 4 is 0 Å². The molecule has 0 unspecified atom stereocenters. The summed E-state index contributed by atoms with van der Waals surface area (Å²) in [4.78, 5) is 0. The van der Waals surface area contributed by atoms with Crippen LogP contribution >= 0.6 is 0 Å². The van der Waals surface area contributed by atoms with Crippen molar-refractivity contribution in [3.05, 3.63) is 54.4 Å². The highest BCUT2D eigenvalue weighted by atomic mass is 19.1. The van der Waals surface area contributed by atoms with Gasteiger partial charge in [-0.3, -0.25) is 0 Å². The lowest BCUT2D eigenvalue weighted by Gasteiger charge is -2.00. The van der Waals surface area contributed by atoms with Gasteiger partial charge in [-0.2, -0.15) is 4.57 Å². The lowest BCUT2D eigenvalue weighted by molar-refractivity contribution is -0.728. The highest BCUT2D eigenvalue weighted by molar-refractivity contribution is 5.16. The molecule has 0 spiro atoms. The average molecular weight is 180 g/mol. The van der Waals surface area contributed by atoms with Gasteiger partial charge in [0.2, 0.25) is 0 Å². The van der Waals surface area contributed by atoms with E-state index in [1.165, 1.54) is 16.8 Å². The van der Waals surface area contributed by atoms with E-state index in [0.29, 0.717) is 0 Å². The fraction of sp³-hybridized carbons (Fsp3) is 0.100. The molecule has 0 radical (unpaired) electrons. The van der Waals surface area contributed by atoms with Crippen LogP contribution in [0.1, 0.15) is 6.04 Å².